The van der Waals surface area contributed by atoms with Gasteiger partial charge in [0.2, 0.25) is 0 Å². The highest BCUT2D eigenvalue weighted by Gasteiger charge is 2.07. The molecule has 0 aromatic carbocycles. The first-order valence-electron chi connectivity index (χ1n) is 1.81. The summed E-state index contributed by atoms with van der Waals surface area (Å²) in [6.45, 7) is 1.22. The number of hydrogen-bond donors (Lipinski definition) is 1. The van der Waals surface area contributed by atoms with Crippen LogP contribution in [0.15, 0.2) is 0 Å². The lowest BCUT2D eigenvalue weighted by Crippen LogP contribution is -2.13. The summed E-state index contributed by atoms with van der Waals surface area (Å²) in [5.74, 6) is 0. The minimum absolute atomic E-state index is 0.984. The van der Waals surface area contributed by atoms with Crippen LogP contribution in [0.3, 0.4) is 0 Å². The fraction of sp³-hybridized carbons (Fsp3) is 1.00. The van der Waals surface area contributed by atoms with Crippen molar-refractivity contribution in [1.82, 2.24) is 0 Å². The van der Waals surface area contributed by atoms with Crippen LogP contribution in [-0.4, -0.2) is 25.2 Å². The molecule has 0 rings (SSSR count). The lowest BCUT2D eigenvalue weighted by molar-refractivity contribution is 0.269. The molecular formula is C3H8O3S. The van der Waals surface area contributed by atoms with Gasteiger partial charge in [0.05, 0.1) is 0 Å². The summed E-state index contributed by atoms with van der Waals surface area (Å²) >= 11 is 0. The summed E-state index contributed by atoms with van der Waals surface area (Å²) in [4.78, 5) is 0. The SMILES string of the molecule is CC(O)S(C)(=O)=O. The summed E-state index contributed by atoms with van der Waals surface area (Å²) in [7, 11) is -3.19. The Balaban J connectivity index is 4.10. The van der Waals surface area contributed by atoms with Crippen LogP contribution in [0.4, 0.5) is 0 Å². The summed E-state index contributed by atoms with van der Waals surface area (Å²) < 4.78 is 20.2. The molecule has 0 aromatic rings. The maximum absolute atomic E-state index is 10.1. The molecule has 1 unspecified atom stereocenters. The fourth-order valence-corrected chi connectivity index (χ4v) is 0. The van der Waals surface area contributed by atoms with E-state index in [1.807, 2.05) is 0 Å². The van der Waals surface area contributed by atoms with E-state index in [4.69, 9.17) is 5.11 Å². The molecule has 0 aliphatic heterocycles. The molecule has 0 aliphatic carbocycles. The molecule has 0 heterocycles. The average Bonchev–Trinajstić information content (AvgIpc) is 1.31. The monoisotopic (exact) mass is 124 g/mol. The van der Waals surface area contributed by atoms with Crippen molar-refractivity contribution in [3.63, 3.8) is 0 Å². The number of hydrogen-bond acceptors (Lipinski definition) is 3. The Hall–Kier alpha value is -0.0900. The summed E-state index contributed by atoms with van der Waals surface area (Å²) in [5, 5.41) is 8.30. The summed E-state index contributed by atoms with van der Waals surface area (Å²) in [5.41, 5.74) is -1.23. The first-order chi connectivity index (χ1) is 2.94. The van der Waals surface area contributed by atoms with Crippen molar-refractivity contribution in [2.45, 2.75) is 12.4 Å². The Bertz CT molecular complexity index is 132. The topological polar surface area (TPSA) is 54.4 Å². The highest BCUT2D eigenvalue weighted by Crippen LogP contribution is 1.88. The second kappa shape index (κ2) is 1.79. The number of sulfone groups is 1. The molecule has 0 aliphatic rings. The van der Waals surface area contributed by atoms with Crippen molar-refractivity contribution >= 4 is 9.84 Å². The molecule has 1 N–H and O–H groups in total. The van der Waals surface area contributed by atoms with Gasteiger partial charge in [0.25, 0.3) is 0 Å². The van der Waals surface area contributed by atoms with Crippen molar-refractivity contribution in [3.8, 4) is 0 Å². The molecule has 44 valence electrons. The molecule has 4 heteroatoms. The molecule has 0 radical (unpaired) electrons. The van der Waals surface area contributed by atoms with E-state index in [1.54, 1.807) is 0 Å². The minimum atomic E-state index is -3.19. The van der Waals surface area contributed by atoms with E-state index in [9.17, 15) is 8.42 Å². The largest absolute Gasteiger partial charge is 0.377 e. The second-order valence-corrected chi connectivity index (χ2v) is 3.77. The number of aliphatic hydroxyl groups excluding tert-OH is 1. The standard InChI is InChI=1S/C3H8O3S/c1-3(4)7(2,5)6/h3-4H,1-2H3. The third-order valence-corrected chi connectivity index (χ3v) is 1.86. The Kier molecular flexibility index (Phi) is 1.77. The normalized spacial score (nSPS) is 16.4. The maximum atomic E-state index is 10.1. The molecule has 0 saturated heterocycles. The van der Waals surface area contributed by atoms with Gasteiger partial charge in [-0.2, -0.15) is 0 Å². The van der Waals surface area contributed by atoms with Crippen LogP contribution in [0.2, 0.25) is 0 Å². The van der Waals surface area contributed by atoms with Crippen molar-refractivity contribution < 1.29 is 13.5 Å². The zero-order valence-electron chi connectivity index (χ0n) is 4.25. The Morgan fingerprint density at radius 2 is 1.71 bits per heavy atom. The van der Waals surface area contributed by atoms with Crippen LogP contribution < -0.4 is 0 Å². The minimum Gasteiger partial charge on any atom is -0.377 e. The van der Waals surface area contributed by atoms with E-state index < -0.39 is 15.3 Å². The summed E-state index contributed by atoms with van der Waals surface area (Å²) in [6, 6.07) is 0. The van der Waals surface area contributed by atoms with Crippen molar-refractivity contribution in [3.05, 3.63) is 0 Å². The summed E-state index contributed by atoms with van der Waals surface area (Å²) in [6.07, 6.45) is 0.984. The van der Waals surface area contributed by atoms with Gasteiger partial charge in [-0.3, -0.25) is 0 Å². The third-order valence-electron chi connectivity index (χ3n) is 0.620. The second-order valence-electron chi connectivity index (χ2n) is 1.43. The molecule has 0 saturated carbocycles. The van der Waals surface area contributed by atoms with Crippen molar-refractivity contribution in [2.75, 3.05) is 6.26 Å². The quantitative estimate of drug-likeness (QED) is 0.506. The molecule has 0 aromatic heterocycles. The number of rotatable bonds is 1. The molecule has 3 nitrogen and oxygen atoms in total. The molecule has 0 bridgehead atoms. The van der Waals surface area contributed by atoms with Crippen LogP contribution in [0.5, 0.6) is 0 Å². The smallest absolute Gasteiger partial charge is 0.173 e. The van der Waals surface area contributed by atoms with Gasteiger partial charge in [0.15, 0.2) is 15.3 Å². The molecule has 0 spiro atoms. The predicted molar refractivity (Wildman–Crippen MR) is 26.5 cm³/mol. The van der Waals surface area contributed by atoms with Gasteiger partial charge in [-0.25, -0.2) is 8.42 Å². The van der Waals surface area contributed by atoms with Crippen LogP contribution >= 0.6 is 0 Å². The Labute approximate surface area is 42.9 Å². The van der Waals surface area contributed by atoms with E-state index >= 15 is 0 Å². The van der Waals surface area contributed by atoms with Gasteiger partial charge in [-0.05, 0) is 6.92 Å². The van der Waals surface area contributed by atoms with Crippen molar-refractivity contribution in [1.29, 1.82) is 0 Å². The number of aliphatic hydroxyl groups is 1. The Morgan fingerprint density at radius 3 is 1.71 bits per heavy atom. The van der Waals surface area contributed by atoms with Crippen LogP contribution in [0, 0.1) is 0 Å². The van der Waals surface area contributed by atoms with Crippen LogP contribution in [0.25, 0.3) is 0 Å². The first-order valence-corrected chi connectivity index (χ1v) is 3.77. The van der Waals surface area contributed by atoms with E-state index in [-0.39, 0.29) is 0 Å². The molecule has 0 amide bonds. The molecule has 0 fully saturated rings. The maximum Gasteiger partial charge on any atom is 0.173 e. The molecule has 7 heavy (non-hydrogen) atoms. The van der Waals surface area contributed by atoms with Gasteiger partial charge >= 0.3 is 0 Å². The zero-order valence-corrected chi connectivity index (χ0v) is 5.07. The van der Waals surface area contributed by atoms with E-state index in [0.29, 0.717) is 0 Å². The van der Waals surface area contributed by atoms with Gasteiger partial charge < -0.3 is 5.11 Å². The van der Waals surface area contributed by atoms with Crippen molar-refractivity contribution in [2.24, 2.45) is 0 Å². The van der Waals surface area contributed by atoms with E-state index in [0.717, 1.165) is 6.26 Å². The van der Waals surface area contributed by atoms with E-state index in [2.05, 4.69) is 0 Å². The zero-order chi connectivity index (χ0) is 6.08. The molecule has 1 atom stereocenters. The van der Waals surface area contributed by atoms with Gasteiger partial charge in [0.1, 0.15) is 0 Å². The van der Waals surface area contributed by atoms with Gasteiger partial charge in [-0.1, -0.05) is 0 Å². The molecular weight excluding hydrogens is 116 g/mol. The average molecular weight is 124 g/mol. The Morgan fingerprint density at radius 1 is 1.57 bits per heavy atom. The lowest BCUT2D eigenvalue weighted by Gasteiger charge is -1.95. The van der Waals surface area contributed by atoms with Gasteiger partial charge in [0, 0.05) is 6.26 Å². The van der Waals surface area contributed by atoms with Crippen LogP contribution in [-0.2, 0) is 9.84 Å². The highest BCUT2D eigenvalue weighted by molar-refractivity contribution is 7.91. The van der Waals surface area contributed by atoms with Crippen LogP contribution in [0.1, 0.15) is 6.92 Å². The fourth-order valence-electron chi connectivity index (χ4n) is 0. The first kappa shape index (κ1) is 6.91. The predicted octanol–water partition coefficient (Wildman–Crippen LogP) is -0.631. The highest BCUT2D eigenvalue weighted by atomic mass is 32.2. The van der Waals surface area contributed by atoms with E-state index in [1.165, 1.54) is 6.92 Å². The lowest BCUT2D eigenvalue weighted by atomic mass is 10.9. The third kappa shape index (κ3) is 2.59. The van der Waals surface area contributed by atoms with Gasteiger partial charge in [-0.15, -0.1) is 0 Å².